The third-order valence-corrected chi connectivity index (χ3v) is 5.44. The Kier molecular flexibility index (Phi) is 6.93. The molecule has 0 aromatic heterocycles. The van der Waals surface area contributed by atoms with E-state index in [1.165, 1.54) is 25.9 Å². The Morgan fingerprint density at radius 2 is 1.90 bits per heavy atom. The molecule has 2 heterocycles. The molecule has 0 aliphatic carbocycles. The lowest BCUT2D eigenvalue weighted by molar-refractivity contribution is -0.0529. The minimum absolute atomic E-state index is 0.383. The van der Waals surface area contributed by atoms with Gasteiger partial charge in [-0.15, -0.1) is 0 Å². The Morgan fingerprint density at radius 1 is 1.10 bits per heavy atom. The molecule has 4 heteroatoms. The SMILES string of the molecule is CCN1CCC(CCO[C@H]2CN(C)CCC2C)[C@@H](OC)C1. The Morgan fingerprint density at radius 3 is 2.62 bits per heavy atom. The summed E-state index contributed by atoms with van der Waals surface area (Å²) >= 11 is 0. The van der Waals surface area contributed by atoms with Crippen molar-refractivity contribution in [3.8, 4) is 0 Å². The first-order valence-electron chi connectivity index (χ1n) is 8.69. The second kappa shape index (κ2) is 8.47. The summed E-state index contributed by atoms with van der Waals surface area (Å²) in [5.41, 5.74) is 0. The van der Waals surface area contributed by atoms with Crippen LogP contribution in [0, 0.1) is 11.8 Å². The maximum atomic E-state index is 6.20. The van der Waals surface area contributed by atoms with E-state index in [1.807, 2.05) is 7.11 Å². The molecule has 0 amide bonds. The molecule has 2 aliphatic heterocycles. The molecule has 2 unspecified atom stereocenters. The molecule has 0 radical (unpaired) electrons. The molecule has 4 atom stereocenters. The summed E-state index contributed by atoms with van der Waals surface area (Å²) in [4.78, 5) is 4.88. The molecule has 2 aliphatic rings. The highest BCUT2D eigenvalue weighted by molar-refractivity contribution is 4.81. The molecule has 0 aromatic carbocycles. The molecular formula is C17H34N2O2. The Bertz CT molecular complexity index is 301. The maximum absolute atomic E-state index is 6.20. The summed E-state index contributed by atoms with van der Waals surface area (Å²) < 4.78 is 11.9. The van der Waals surface area contributed by atoms with E-state index >= 15 is 0 Å². The number of methoxy groups -OCH3 is 1. The highest BCUT2D eigenvalue weighted by Crippen LogP contribution is 2.25. The summed E-state index contributed by atoms with van der Waals surface area (Å²) in [6.45, 7) is 11.2. The van der Waals surface area contributed by atoms with Gasteiger partial charge in [-0.3, -0.25) is 0 Å². The molecule has 0 bridgehead atoms. The highest BCUT2D eigenvalue weighted by Gasteiger charge is 2.29. The Hall–Kier alpha value is -0.160. The molecule has 0 aromatic rings. The summed E-state index contributed by atoms with van der Waals surface area (Å²) in [7, 11) is 4.06. The van der Waals surface area contributed by atoms with Crippen molar-refractivity contribution in [2.45, 2.75) is 45.3 Å². The molecule has 0 spiro atoms. The molecule has 4 nitrogen and oxygen atoms in total. The van der Waals surface area contributed by atoms with Gasteiger partial charge in [-0.05, 0) is 57.8 Å². The van der Waals surface area contributed by atoms with Gasteiger partial charge < -0.3 is 19.3 Å². The predicted molar refractivity (Wildman–Crippen MR) is 86.7 cm³/mol. The number of piperidine rings is 2. The average Bonchev–Trinajstić information content (AvgIpc) is 2.50. The standard InChI is InChI=1S/C17H34N2O2/c1-5-19-10-7-15(17(13-19)20-4)8-11-21-16-12-18(3)9-6-14(16)2/h14-17H,5-13H2,1-4H3/t14?,15?,16-,17-/m0/s1. The van der Waals surface area contributed by atoms with Gasteiger partial charge in [0.1, 0.15) is 0 Å². The number of hydrogen-bond donors (Lipinski definition) is 0. The van der Waals surface area contributed by atoms with E-state index in [1.54, 1.807) is 0 Å². The van der Waals surface area contributed by atoms with Crippen molar-refractivity contribution in [3.63, 3.8) is 0 Å². The fourth-order valence-electron chi connectivity index (χ4n) is 3.69. The number of rotatable bonds is 6. The lowest BCUT2D eigenvalue weighted by Gasteiger charge is -2.38. The third kappa shape index (κ3) is 4.92. The first kappa shape index (κ1) is 17.2. The lowest BCUT2D eigenvalue weighted by Crippen LogP contribution is -2.45. The third-order valence-electron chi connectivity index (χ3n) is 5.44. The van der Waals surface area contributed by atoms with Gasteiger partial charge in [-0.25, -0.2) is 0 Å². The van der Waals surface area contributed by atoms with Gasteiger partial charge in [0.05, 0.1) is 12.2 Å². The van der Waals surface area contributed by atoms with Crippen LogP contribution in [0.15, 0.2) is 0 Å². The Labute approximate surface area is 130 Å². The van der Waals surface area contributed by atoms with Gasteiger partial charge in [0.25, 0.3) is 0 Å². The van der Waals surface area contributed by atoms with Gasteiger partial charge >= 0.3 is 0 Å². The van der Waals surface area contributed by atoms with E-state index in [9.17, 15) is 0 Å². The molecule has 0 saturated carbocycles. The van der Waals surface area contributed by atoms with Crippen molar-refractivity contribution >= 4 is 0 Å². The van der Waals surface area contributed by atoms with Crippen LogP contribution >= 0.6 is 0 Å². The molecule has 2 saturated heterocycles. The van der Waals surface area contributed by atoms with Gasteiger partial charge in [-0.2, -0.15) is 0 Å². The molecule has 2 fully saturated rings. The van der Waals surface area contributed by atoms with Crippen LogP contribution in [0.25, 0.3) is 0 Å². The van der Waals surface area contributed by atoms with Crippen LogP contribution < -0.4 is 0 Å². The minimum Gasteiger partial charge on any atom is -0.380 e. The zero-order valence-electron chi connectivity index (χ0n) is 14.4. The normalized spacial score (nSPS) is 36.0. The van der Waals surface area contributed by atoms with Gasteiger partial charge in [0.2, 0.25) is 0 Å². The fourth-order valence-corrected chi connectivity index (χ4v) is 3.69. The second-order valence-corrected chi connectivity index (χ2v) is 6.94. The largest absolute Gasteiger partial charge is 0.380 e. The monoisotopic (exact) mass is 298 g/mol. The quantitative estimate of drug-likeness (QED) is 0.750. The number of nitrogens with zero attached hydrogens (tertiary/aromatic N) is 2. The molecule has 0 N–H and O–H groups in total. The number of ether oxygens (including phenoxy) is 2. The van der Waals surface area contributed by atoms with E-state index < -0.39 is 0 Å². The highest BCUT2D eigenvalue weighted by atomic mass is 16.5. The first-order chi connectivity index (χ1) is 10.1. The smallest absolute Gasteiger partial charge is 0.0727 e. The molecule has 2 rings (SSSR count). The van der Waals surface area contributed by atoms with E-state index in [0.717, 1.165) is 32.7 Å². The van der Waals surface area contributed by atoms with Crippen molar-refractivity contribution in [3.05, 3.63) is 0 Å². The number of hydrogen-bond acceptors (Lipinski definition) is 4. The van der Waals surface area contributed by atoms with Crippen molar-refractivity contribution in [1.29, 1.82) is 0 Å². The molecule has 21 heavy (non-hydrogen) atoms. The van der Waals surface area contributed by atoms with Crippen LogP contribution in [-0.4, -0.2) is 75.5 Å². The molecular weight excluding hydrogens is 264 g/mol. The van der Waals surface area contributed by atoms with Crippen molar-refractivity contribution in [1.82, 2.24) is 9.80 Å². The minimum atomic E-state index is 0.383. The second-order valence-electron chi connectivity index (χ2n) is 6.94. The van der Waals surface area contributed by atoms with Crippen molar-refractivity contribution < 1.29 is 9.47 Å². The number of likely N-dealkylation sites (tertiary alicyclic amines) is 2. The molecule has 124 valence electrons. The maximum Gasteiger partial charge on any atom is 0.0727 e. The van der Waals surface area contributed by atoms with Crippen LogP contribution in [0.3, 0.4) is 0 Å². The van der Waals surface area contributed by atoms with Crippen LogP contribution in [-0.2, 0) is 9.47 Å². The topological polar surface area (TPSA) is 24.9 Å². The summed E-state index contributed by atoms with van der Waals surface area (Å²) in [6.07, 6.45) is 4.45. The van der Waals surface area contributed by atoms with Crippen LogP contribution in [0.2, 0.25) is 0 Å². The zero-order chi connectivity index (χ0) is 15.2. The van der Waals surface area contributed by atoms with Gasteiger partial charge in [0.15, 0.2) is 0 Å². The van der Waals surface area contributed by atoms with Crippen molar-refractivity contribution in [2.75, 3.05) is 53.5 Å². The van der Waals surface area contributed by atoms with E-state index in [-0.39, 0.29) is 0 Å². The van der Waals surface area contributed by atoms with Gasteiger partial charge in [-0.1, -0.05) is 13.8 Å². The van der Waals surface area contributed by atoms with Crippen LogP contribution in [0.4, 0.5) is 0 Å². The zero-order valence-corrected chi connectivity index (χ0v) is 14.4. The van der Waals surface area contributed by atoms with E-state index in [2.05, 4.69) is 30.7 Å². The fraction of sp³-hybridized carbons (Fsp3) is 1.00. The number of likely N-dealkylation sites (N-methyl/N-ethyl adjacent to an activating group) is 2. The van der Waals surface area contributed by atoms with Gasteiger partial charge in [0, 0.05) is 26.8 Å². The van der Waals surface area contributed by atoms with E-state index in [0.29, 0.717) is 24.0 Å². The van der Waals surface area contributed by atoms with E-state index in [4.69, 9.17) is 9.47 Å². The predicted octanol–water partition coefficient (Wildman–Crippen LogP) is 2.09. The first-order valence-corrected chi connectivity index (χ1v) is 8.69. The summed E-state index contributed by atoms with van der Waals surface area (Å²) in [5, 5.41) is 0. The summed E-state index contributed by atoms with van der Waals surface area (Å²) in [6, 6.07) is 0. The lowest BCUT2D eigenvalue weighted by atomic mass is 9.90. The van der Waals surface area contributed by atoms with Crippen LogP contribution in [0.5, 0.6) is 0 Å². The van der Waals surface area contributed by atoms with Crippen molar-refractivity contribution in [2.24, 2.45) is 11.8 Å². The average molecular weight is 298 g/mol. The summed E-state index contributed by atoms with van der Waals surface area (Å²) in [5.74, 6) is 1.36. The van der Waals surface area contributed by atoms with Crippen LogP contribution in [0.1, 0.15) is 33.1 Å². The Balaban J connectivity index is 1.72.